The van der Waals surface area contributed by atoms with Gasteiger partial charge in [-0.1, -0.05) is 15.9 Å². The van der Waals surface area contributed by atoms with Crippen molar-refractivity contribution in [3.8, 4) is 0 Å². The van der Waals surface area contributed by atoms with Crippen LogP contribution in [0, 0.1) is 0 Å². The Bertz CT molecular complexity index is 335. The number of rotatable bonds is 3. The van der Waals surface area contributed by atoms with E-state index in [1.54, 1.807) is 24.5 Å². The number of aromatic nitrogens is 1. The predicted molar refractivity (Wildman–Crippen MR) is 57.5 cm³/mol. The van der Waals surface area contributed by atoms with E-state index in [2.05, 4.69) is 26.2 Å². The Morgan fingerprint density at radius 2 is 2.14 bits per heavy atom. The zero-order valence-corrected chi connectivity index (χ0v) is 9.25. The number of alkyl halides is 1. The highest BCUT2D eigenvalue weighted by Gasteiger charge is 2.42. The number of hydrogen-bond acceptors (Lipinski definition) is 2. The fraction of sp³-hybridized carbons (Fsp3) is 0.400. The van der Waals surface area contributed by atoms with Crippen LogP contribution in [-0.2, 0) is 0 Å². The molecule has 1 N–H and O–H groups in total. The Kier molecular flexibility index (Phi) is 2.54. The van der Waals surface area contributed by atoms with Gasteiger partial charge in [-0.2, -0.15) is 0 Å². The van der Waals surface area contributed by atoms with Crippen LogP contribution in [0.2, 0.25) is 0 Å². The summed E-state index contributed by atoms with van der Waals surface area (Å²) in [6.45, 7) is 0. The number of hydrogen-bond donors (Lipinski definition) is 1. The number of nitrogens with zero attached hydrogens (tertiary/aromatic N) is 1. The standard InChI is InChI=1S/C10H11BrN2O/c11-7-10(3-4-10)13-9(14)8-1-5-12-6-2-8/h1-2,5-6H,3-4,7H2,(H,13,14). The smallest absolute Gasteiger partial charge is 0.251 e. The molecular formula is C10H11BrN2O. The molecule has 0 atom stereocenters. The number of pyridine rings is 1. The second-order valence-electron chi connectivity index (χ2n) is 3.60. The molecular weight excluding hydrogens is 244 g/mol. The minimum atomic E-state index is -0.00986. The minimum Gasteiger partial charge on any atom is -0.346 e. The first-order valence-electron chi connectivity index (χ1n) is 4.54. The lowest BCUT2D eigenvalue weighted by Gasteiger charge is -2.13. The van der Waals surface area contributed by atoms with E-state index in [9.17, 15) is 4.79 Å². The molecule has 1 heterocycles. The molecule has 1 fully saturated rings. The van der Waals surface area contributed by atoms with Crippen molar-refractivity contribution in [2.24, 2.45) is 0 Å². The Morgan fingerprint density at radius 1 is 1.50 bits per heavy atom. The summed E-state index contributed by atoms with van der Waals surface area (Å²) in [7, 11) is 0. The van der Waals surface area contributed by atoms with Crippen LogP contribution in [0.4, 0.5) is 0 Å². The zero-order valence-electron chi connectivity index (χ0n) is 7.66. The molecule has 0 radical (unpaired) electrons. The van der Waals surface area contributed by atoms with Crippen LogP contribution in [-0.4, -0.2) is 21.8 Å². The minimum absolute atomic E-state index is 0.00986. The number of nitrogens with one attached hydrogen (secondary N) is 1. The Balaban J connectivity index is 2.03. The molecule has 1 aliphatic carbocycles. The van der Waals surface area contributed by atoms with Gasteiger partial charge in [0, 0.05) is 23.3 Å². The van der Waals surface area contributed by atoms with Gasteiger partial charge in [-0.25, -0.2) is 0 Å². The molecule has 74 valence electrons. The van der Waals surface area contributed by atoms with E-state index >= 15 is 0 Å². The van der Waals surface area contributed by atoms with Crippen LogP contribution in [0.15, 0.2) is 24.5 Å². The van der Waals surface area contributed by atoms with Crippen LogP contribution < -0.4 is 5.32 Å². The van der Waals surface area contributed by atoms with Gasteiger partial charge in [0.05, 0.1) is 5.54 Å². The van der Waals surface area contributed by atoms with Gasteiger partial charge in [0.15, 0.2) is 0 Å². The highest BCUT2D eigenvalue weighted by molar-refractivity contribution is 9.09. The fourth-order valence-electron chi connectivity index (χ4n) is 1.26. The normalized spacial score (nSPS) is 17.5. The first kappa shape index (κ1) is 9.65. The van der Waals surface area contributed by atoms with Crippen molar-refractivity contribution in [2.75, 3.05) is 5.33 Å². The summed E-state index contributed by atoms with van der Waals surface area (Å²) >= 11 is 3.41. The Morgan fingerprint density at radius 3 is 2.64 bits per heavy atom. The van der Waals surface area contributed by atoms with E-state index in [-0.39, 0.29) is 11.4 Å². The van der Waals surface area contributed by atoms with Crippen molar-refractivity contribution in [3.63, 3.8) is 0 Å². The van der Waals surface area contributed by atoms with Gasteiger partial charge in [-0.15, -0.1) is 0 Å². The van der Waals surface area contributed by atoms with Crippen molar-refractivity contribution in [1.82, 2.24) is 10.3 Å². The highest BCUT2D eigenvalue weighted by atomic mass is 79.9. The lowest BCUT2D eigenvalue weighted by Crippen LogP contribution is -2.38. The molecule has 0 aliphatic heterocycles. The molecule has 1 aliphatic rings. The molecule has 3 nitrogen and oxygen atoms in total. The van der Waals surface area contributed by atoms with Crippen LogP contribution in [0.5, 0.6) is 0 Å². The summed E-state index contributed by atoms with van der Waals surface area (Å²) in [4.78, 5) is 15.6. The van der Waals surface area contributed by atoms with Gasteiger partial charge in [0.25, 0.3) is 5.91 Å². The number of carbonyl (C=O) groups excluding carboxylic acids is 1. The topological polar surface area (TPSA) is 42.0 Å². The molecule has 0 aromatic carbocycles. The van der Waals surface area contributed by atoms with E-state index in [0.29, 0.717) is 5.56 Å². The lowest BCUT2D eigenvalue weighted by atomic mass is 10.2. The molecule has 4 heteroatoms. The van der Waals surface area contributed by atoms with Crippen LogP contribution in [0.25, 0.3) is 0 Å². The van der Waals surface area contributed by atoms with Gasteiger partial charge in [-0.05, 0) is 25.0 Å². The molecule has 14 heavy (non-hydrogen) atoms. The average Bonchev–Trinajstić information content (AvgIpc) is 3.00. The summed E-state index contributed by atoms with van der Waals surface area (Å²) < 4.78 is 0. The number of amides is 1. The van der Waals surface area contributed by atoms with E-state index < -0.39 is 0 Å². The van der Waals surface area contributed by atoms with Crippen LogP contribution in [0.1, 0.15) is 23.2 Å². The number of carbonyl (C=O) groups is 1. The van der Waals surface area contributed by atoms with Gasteiger partial charge >= 0.3 is 0 Å². The maximum atomic E-state index is 11.7. The Hall–Kier alpha value is -0.900. The fourth-order valence-corrected chi connectivity index (χ4v) is 1.96. The predicted octanol–water partition coefficient (Wildman–Crippen LogP) is 1.74. The first-order chi connectivity index (χ1) is 6.76. The van der Waals surface area contributed by atoms with Gasteiger partial charge in [-0.3, -0.25) is 9.78 Å². The molecule has 1 amide bonds. The molecule has 2 rings (SSSR count). The molecule has 0 saturated heterocycles. The van der Waals surface area contributed by atoms with E-state index in [1.165, 1.54) is 0 Å². The van der Waals surface area contributed by atoms with E-state index in [0.717, 1.165) is 18.2 Å². The van der Waals surface area contributed by atoms with Crippen molar-refractivity contribution in [2.45, 2.75) is 18.4 Å². The molecule has 1 aromatic rings. The first-order valence-corrected chi connectivity index (χ1v) is 5.66. The molecule has 0 spiro atoms. The van der Waals surface area contributed by atoms with Gasteiger partial charge in [0.2, 0.25) is 0 Å². The summed E-state index contributed by atoms with van der Waals surface area (Å²) in [6, 6.07) is 3.44. The summed E-state index contributed by atoms with van der Waals surface area (Å²) in [5.74, 6) is -0.00986. The summed E-state index contributed by atoms with van der Waals surface area (Å²) in [6.07, 6.45) is 5.38. The van der Waals surface area contributed by atoms with Crippen LogP contribution in [0.3, 0.4) is 0 Å². The highest BCUT2D eigenvalue weighted by Crippen LogP contribution is 2.37. The second kappa shape index (κ2) is 3.69. The Labute approximate surface area is 91.0 Å². The third-order valence-corrected chi connectivity index (χ3v) is 3.50. The van der Waals surface area contributed by atoms with Crippen molar-refractivity contribution >= 4 is 21.8 Å². The number of halogens is 1. The van der Waals surface area contributed by atoms with Gasteiger partial charge < -0.3 is 5.32 Å². The lowest BCUT2D eigenvalue weighted by molar-refractivity contribution is 0.0936. The van der Waals surface area contributed by atoms with E-state index in [1.807, 2.05) is 0 Å². The van der Waals surface area contributed by atoms with Crippen molar-refractivity contribution < 1.29 is 4.79 Å². The monoisotopic (exact) mass is 254 g/mol. The molecule has 1 aromatic heterocycles. The second-order valence-corrected chi connectivity index (χ2v) is 4.16. The van der Waals surface area contributed by atoms with Crippen molar-refractivity contribution in [1.29, 1.82) is 0 Å². The molecule has 0 bridgehead atoms. The third kappa shape index (κ3) is 1.95. The average molecular weight is 255 g/mol. The molecule has 1 saturated carbocycles. The SMILES string of the molecule is O=C(NC1(CBr)CC1)c1ccncc1. The largest absolute Gasteiger partial charge is 0.346 e. The summed E-state index contributed by atoms with van der Waals surface area (Å²) in [5, 5.41) is 3.85. The third-order valence-electron chi connectivity index (χ3n) is 2.43. The quantitative estimate of drug-likeness (QED) is 0.836. The molecule has 0 unspecified atom stereocenters. The zero-order chi connectivity index (χ0) is 10.0. The van der Waals surface area contributed by atoms with Gasteiger partial charge in [0.1, 0.15) is 0 Å². The maximum Gasteiger partial charge on any atom is 0.251 e. The van der Waals surface area contributed by atoms with Crippen molar-refractivity contribution in [3.05, 3.63) is 30.1 Å². The summed E-state index contributed by atoms with van der Waals surface area (Å²) in [5.41, 5.74) is 0.688. The van der Waals surface area contributed by atoms with E-state index in [4.69, 9.17) is 0 Å². The van der Waals surface area contributed by atoms with Crippen LogP contribution >= 0.6 is 15.9 Å². The maximum absolute atomic E-state index is 11.7.